The SMILES string of the molecule is OCCn1nnnc1SCc1ncccn1. The van der Waals surface area contributed by atoms with Gasteiger partial charge in [-0.1, -0.05) is 11.8 Å². The third-order valence-electron chi connectivity index (χ3n) is 1.76. The number of hydrogen-bond acceptors (Lipinski definition) is 7. The Balaban J connectivity index is 1.97. The van der Waals surface area contributed by atoms with Gasteiger partial charge in [-0.15, -0.1) is 5.10 Å². The molecule has 2 aromatic rings. The quantitative estimate of drug-likeness (QED) is 0.718. The molecule has 0 bridgehead atoms. The predicted octanol–water partition coefficient (Wildman–Crippen LogP) is -0.252. The summed E-state index contributed by atoms with van der Waals surface area (Å²) in [6, 6.07) is 1.77. The lowest BCUT2D eigenvalue weighted by Crippen LogP contribution is -2.05. The summed E-state index contributed by atoms with van der Waals surface area (Å²) < 4.78 is 1.55. The predicted molar refractivity (Wildman–Crippen MR) is 56.5 cm³/mol. The smallest absolute Gasteiger partial charge is 0.209 e. The molecule has 2 rings (SSSR count). The van der Waals surface area contributed by atoms with Gasteiger partial charge in [-0.05, 0) is 16.5 Å². The lowest BCUT2D eigenvalue weighted by atomic mass is 10.6. The van der Waals surface area contributed by atoms with Crippen molar-refractivity contribution >= 4 is 11.8 Å². The molecule has 0 radical (unpaired) electrons. The summed E-state index contributed by atoms with van der Waals surface area (Å²) in [6.45, 7) is 0.408. The first kappa shape index (κ1) is 11.0. The zero-order valence-electron chi connectivity index (χ0n) is 8.39. The molecule has 1 N–H and O–H groups in total. The van der Waals surface area contributed by atoms with E-state index in [0.717, 1.165) is 5.82 Å². The monoisotopic (exact) mass is 238 g/mol. The van der Waals surface area contributed by atoms with E-state index >= 15 is 0 Å². The van der Waals surface area contributed by atoms with Crippen LogP contribution in [0.1, 0.15) is 5.82 Å². The molecule has 16 heavy (non-hydrogen) atoms. The van der Waals surface area contributed by atoms with Gasteiger partial charge < -0.3 is 5.11 Å². The highest BCUT2D eigenvalue weighted by Gasteiger charge is 2.06. The zero-order chi connectivity index (χ0) is 11.2. The second-order valence-corrected chi connectivity index (χ2v) is 3.80. The van der Waals surface area contributed by atoms with Crippen LogP contribution in [0.15, 0.2) is 23.6 Å². The zero-order valence-corrected chi connectivity index (χ0v) is 9.21. The van der Waals surface area contributed by atoms with Gasteiger partial charge in [-0.3, -0.25) is 0 Å². The van der Waals surface area contributed by atoms with Crippen LogP contribution in [0.4, 0.5) is 0 Å². The molecule has 2 heterocycles. The molecule has 0 atom stereocenters. The highest BCUT2D eigenvalue weighted by Crippen LogP contribution is 2.17. The van der Waals surface area contributed by atoms with Crippen LogP contribution in [-0.4, -0.2) is 41.9 Å². The van der Waals surface area contributed by atoms with E-state index in [0.29, 0.717) is 17.5 Å². The van der Waals surface area contributed by atoms with Crippen molar-refractivity contribution in [2.75, 3.05) is 6.61 Å². The van der Waals surface area contributed by atoms with E-state index in [1.807, 2.05) is 0 Å². The topological polar surface area (TPSA) is 89.6 Å². The van der Waals surface area contributed by atoms with Crippen LogP contribution in [0.3, 0.4) is 0 Å². The van der Waals surface area contributed by atoms with E-state index in [2.05, 4.69) is 25.5 Å². The van der Waals surface area contributed by atoms with Gasteiger partial charge in [-0.25, -0.2) is 14.6 Å². The molecule has 8 heteroatoms. The molecule has 0 aliphatic heterocycles. The van der Waals surface area contributed by atoms with Gasteiger partial charge >= 0.3 is 0 Å². The molecule has 0 saturated carbocycles. The number of aromatic nitrogens is 6. The fourth-order valence-corrected chi connectivity index (χ4v) is 1.85. The Labute approximate surface area is 95.9 Å². The summed E-state index contributed by atoms with van der Waals surface area (Å²) in [6.07, 6.45) is 3.39. The minimum absolute atomic E-state index is 0.0143. The van der Waals surface area contributed by atoms with Crippen molar-refractivity contribution in [2.24, 2.45) is 0 Å². The molecular formula is C8H10N6OS. The fraction of sp³-hybridized carbons (Fsp3) is 0.375. The second kappa shape index (κ2) is 5.52. The van der Waals surface area contributed by atoms with Crippen molar-refractivity contribution in [2.45, 2.75) is 17.5 Å². The van der Waals surface area contributed by atoms with Gasteiger partial charge in [-0.2, -0.15) is 0 Å². The molecule has 2 aromatic heterocycles. The first-order chi connectivity index (χ1) is 7.90. The fourth-order valence-electron chi connectivity index (χ4n) is 1.07. The van der Waals surface area contributed by atoms with Crippen molar-refractivity contribution in [3.05, 3.63) is 24.3 Å². The van der Waals surface area contributed by atoms with Gasteiger partial charge in [0, 0.05) is 12.4 Å². The van der Waals surface area contributed by atoms with E-state index in [-0.39, 0.29) is 6.61 Å². The minimum Gasteiger partial charge on any atom is -0.394 e. The number of tetrazole rings is 1. The summed E-state index contributed by atoms with van der Waals surface area (Å²) in [5, 5.41) is 20.6. The Bertz CT molecular complexity index is 433. The standard InChI is InChI=1S/C8H10N6OS/c15-5-4-14-8(11-12-13-14)16-6-7-9-2-1-3-10-7/h1-3,15H,4-6H2. The van der Waals surface area contributed by atoms with Crippen molar-refractivity contribution < 1.29 is 5.11 Å². The van der Waals surface area contributed by atoms with Crippen LogP contribution in [0, 0.1) is 0 Å². The average Bonchev–Trinajstić information content (AvgIpc) is 2.76. The molecular weight excluding hydrogens is 228 g/mol. The van der Waals surface area contributed by atoms with Crippen molar-refractivity contribution in [3.63, 3.8) is 0 Å². The Morgan fingerprint density at radius 2 is 2.12 bits per heavy atom. The molecule has 0 aliphatic carbocycles. The summed E-state index contributed by atoms with van der Waals surface area (Å²) in [7, 11) is 0. The van der Waals surface area contributed by atoms with Crippen molar-refractivity contribution in [3.8, 4) is 0 Å². The van der Waals surface area contributed by atoms with Gasteiger partial charge in [0.15, 0.2) is 0 Å². The van der Waals surface area contributed by atoms with Crippen LogP contribution in [0.25, 0.3) is 0 Å². The molecule has 84 valence electrons. The largest absolute Gasteiger partial charge is 0.394 e. The van der Waals surface area contributed by atoms with Crippen LogP contribution >= 0.6 is 11.8 Å². The molecule has 0 fully saturated rings. The molecule has 0 aliphatic rings. The Hall–Kier alpha value is -1.54. The van der Waals surface area contributed by atoms with Gasteiger partial charge in [0.25, 0.3) is 0 Å². The Kier molecular flexibility index (Phi) is 3.78. The lowest BCUT2D eigenvalue weighted by Gasteiger charge is -2.00. The number of hydrogen-bond donors (Lipinski definition) is 1. The normalized spacial score (nSPS) is 10.6. The number of rotatable bonds is 5. The highest BCUT2D eigenvalue weighted by atomic mass is 32.2. The number of thioether (sulfide) groups is 1. The minimum atomic E-state index is 0.0143. The van der Waals surface area contributed by atoms with Gasteiger partial charge in [0.2, 0.25) is 5.16 Å². The van der Waals surface area contributed by atoms with E-state index in [9.17, 15) is 0 Å². The lowest BCUT2D eigenvalue weighted by molar-refractivity contribution is 0.262. The van der Waals surface area contributed by atoms with Crippen molar-refractivity contribution in [1.29, 1.82) is 0 Å². The van der Waals surface area contributed by atoms with Crippen LogP contribution in [0.2, 0.25) is 0 Å². The molecule has 7 nitrogen and oxygen atoms in total. The van der Waals surface area contributed by atoms with E-state index in [4.69, 9.17) is 5.11 Å². The first-order valence-corrected chi connectivity index (χ1v) is 5.64. The number of nitrogens with zero attached hydrogens (tertiary/aromatic N) is 6. The first-order valence-electron chi connectivity index (χ1n) is 4.66. The van der Waals surface area contributed by atoms with Crippen LogP contribution in [0.5, 0.6) is 0 Å². The van der Waals surface area contributed by atoms with E-state index < -0.39 is 0 Å². The van der Waals surface area contributed by atoms with E-state index in [1.165, 1.54) is 11.8 Å². The highest BCUT2D eigenvalue weighted by molar-refractivity contribution is 7.98. The summed E-state index contributed by atoms with van der Waals surface area (Å²) in [5.41, 5.74) is 0. The second-order valence-electron chi connectivity index (χ2n) is 2.86. The van der Waals surface area contributed by atoms with Gasteiger partial charge in [0.05, 0.1) is 18.9 Å². The molecule has 0 aromatic carbocycles. The summed E-state index contributed by atoms with van der Waals surface area (Å²) in [5.74, 6) is 1.33. The molecule has 0 saturated heterocycles. The maximum Gasteiger partial charge on any atom is 0.209 e. The number of aliphatic hydroxyl groups is 1. The maximum absolute atomic E-state index is 8.80. The maximum atomic E-state index is 8.80. The molecule has 0 spiro atoms. The Morgan fingerprint density at radius 3 is 2.88 bits per heavy atom. The summed E-state index contributed by atoms with van der Waals surface area (Å²) in [4.78, 5) is 8.19. The van der Waals surface area contributed by atoms with Crippen LogP contribution in [-0.2, 0) is 12.3 Å². The molecule has 0 amide bonds. The molecule has 0 unspecified atom stereocenters. The third kappa shape index (κ3) is 2.74. The van der Waals surface area contributed by atoms with Gasteiger partial charge in [0.1, 0.15) is 5.82 Å². The van der Waals surface area contributed by atoms with E-state index in [1.54, 1.807) is 23.1 Å². The number of aliphatic hydroxyl groups excluding tert-OH is 1. The third-order valence-corrected chi connectivity index (χ3v) is 2.71. The average molecular weight is 238 g/mol. The van der Waals surface area contributed by atoms with Crippen molar-refractivity contribution in [1.82, 2.24) is 30.2 Å². The van der Waals surface area contributed by atoms with Crippen LogP contribution < -0.4 is 0 Å². The Morgan fingerprint density at radius 1 is 1.31 bits per heavy atom. The summed E-state index contributed by atoms with van der Waals surface area (Å²) >= 11 is 1.44.